The molecular formula is C13H13ClN2OS2. The molecule has 2 heterocycles. The second-order valence-corrected chi connectivity index (χ2v) is 6.61. The first kappa shape index (κ1) is 14.2. The molecule has 1 amide bonds. The molecule has 0 aromatic carbocycles. The fourth-order valence-corrected chi connectivity index (χ4v) is 3.25. The minimum absolute atomic E-state index is 0.182. The van der Waals surface area contributed by atoms with Crippen LogP contribution in [0.5, 0.6) is 0 Å². The highest BCUT2D eigenvalue weighted by atomic mass is 35.5. The molecule has 0 radical (unpaired) electrons. The van der Waals surface area contributed by atoms with E-state index in [-0.39, 0.29) is 5.91 Å². The summed E-state index contributed by atoms with van der Waals surface area (Å²) in [5.41, 5.74) is 3.96. The summed E-state index contributed by atoms with van der Waals surface area (Å²) in [6, 6.07) is 5.60. The van der Waals surface area contributed by atoms with Crippen LogP contribution in [0.4, 0.5) is 0 Å². The third-order valence-electron chi connectivity index (χ3n) is 2.52. The summed E-state index contributed by atoms with van der Waals surface area (Å²) < 4.78 is 0.710. The molecule has 0 atom stereocenters. The normalized spacial score (nSPS) is 11.6. The van der Waals surface area contributed by atoms with E-state index in [0.29, 0.717) is 9.90 Å². The van der Waals surface area contributed by atoms with Crippen LogP contribution in [0.2, 0.25) is 4.34 Å². The molecule has 2 rings (SSSR count). The van der Waals surface area contributed by atoms with Crippen molar-refractivity contribution < 1.29 is 4.79 Å². The summed E-state index contributed by atoms with van der Waals surface area (Å²) in [6.07, 6.45) is 0.938. The quantitative estimate of drug-likeness (QED) is 0.668. The summed E-state index contributed by atoms with van der Waals surface area (Å²) in [7, 11) is 0. The van der Waals surface area contributed by atoms with Crippen molar-refractivity contribution in [3.8, 4) is 0 Å². The van der Waals surface area contributed by atoms with Crippen LogP contribution in [0.3, 0.4) is 0 Å². The molecule has 0 unspecified atom stereocenters. The van der Waals surface area contributed by atoms with Crippen LogP contribution in [-0.4, -0.2) is 11.6 Å². The van der Waals surface area contributed by atoms with E-state index in [9.17, 15) is 4.79 Å². The van der Waals surface area contributed by atoms with Crippen LogP contribution in [0.1, 0.15) is 34.0 Å². The van der Waals surface area contributed by atoms with E-state index < -0.39 is 0 Å². The minimum Gasteiger partial charge on any atom is -0.267 e. The molecule has 3 nitrogen and oxygen atoms in total. The van der Waals surface area contributed by atoms with Gasteiger partial charge in [0, 0.05) is 10.3 Å². The topological polar surface area (TPSA) is 41.5 Å². The maximum absolute atomic E-state index is 11.9. The molecular weight excluding hydrogens is 300 g/mol. The maximum Gasteiger partial charge on any atom is 0.272 e. The highest BCUT2D eigenvalue weighted by molar-refractivity contribution is 7.18. The first-order chi connectivity index (χ1) is 9.10. The molecule has 0 fully saturated rings. The molecule has 0 spiro atoms. The predicted molar refractivity (Wildman–Crippen MR) is 82.7 cm³/mol. The van der Waals surface area contributed by atoms with Gasteiger partial charge in [0.25, 0.3) is 5.91 Å². The Balaban J connectivity index is 2.03. The van der Waals surface area contributed by atoms with Gasteiger partial charge in [-0.05, 0) is 31.5 Å². The van der Waals surface area contributed by atoms with E-state index in [1.165, 1.54) is 16.2 Å². The Morgan fingerprint density at radius 2 is 2.26 bits per heavy atom. The van der Waals surface area contributed by atoms with Gasteiger partial charge in [0.2, 0.25) is 0 Å². The minimum atomic E-state index is -0.182. The van der Waals surface area contributed by atoms with Gasteiger partial charge in [0.1, 0.15) is 0 Å². The Kier molecular flexibility index (Phi) is 4.74. The van der Waals surface area contributed by atoms with E-state index in [1.807, 2.05) is 30.5 Å². The lowest BCUT2D eigenvalue weighted by atomic mass is 10.3. The highest BCUT2D eigenvalue weighted by Gasteiger charge is 2.08. The van der Waals surface area contributed by atoms with Crippen molar-refractivity contribution in [2.75, 3.05) is 0 Å². The molecule has 0 saturated heterocycles. The van der Waals surface area contributed by atoms with Crippen molar-refractivity contribution in [1.82, 2.24) is 5.43 Å². The van der Waals surface area contributed by atoms with E-state index in [2.05, 4.69) is 17.5 Å². The zero-order valence-electron chi connectivity index (χ0n) is 10.6. The van der Waals surface area contributed by atoms with Gasteiger partial charge >= 0.3 is 0 Å². The largest absolute Gasteiger partial charge is 0.272 e. The first-order valence-electron chi connectivity index (χ1n) is 5.78. The van der Waals surface area contributed by atoms with Gasteiger partial charge in [-0.25, -0.2) is 5.43 Å². The molecule has 100 valence electrons. The third kappa shape index (κ3) is 3.65. The lowest BCUT2D eigenvalue weighted by molar-refractivity contribution is 0.0955. The van der Waals surface area contributed by atoms with Crippen molar-refractivity contribution in [2.45, 2.75) is 20.3 Å². The summed E-state index contributed by atoms with van der Waals surface area (Å²) in [4.78, 5) is 14.0. The number of carbonyl (C=O) groups excluding carboxylic acids is 1. The van der Waals surface area contributed by atoms with Gasteiger partial charge in [0.05, 0.1) is 20.5 Å². The number of hydrazone groups is 1. The Bertz CT molecular complexity index is 616. The number of halogens is 1. The lowest BCUT2D eigenvalue weighted by Crippen LogP contribution is -2.18. The number of amides is 1. The summed E-state index contributed by atoms with van der Waals surface area (Å²) >= 11 is 8.88. The number of nitrogens with one attached hydrogen (secondary N) is 1. The maximum atomic E-state index is 11.9. The third-order valence-corrected chi connectivity index (χ3v) is 4.94. The van der Waals surface area contributed by atoms with Gasteiger partial charge in [-0.1, -0.05) is 18.5 Å². The fraction of sp³-hybridized carbons (Fsp3) is 0.231. The summed E-state index contributed by atoms with van der Waals surface area (Å²) in [5, 5.41) is 5.94. The molecule has 2 aromatic rings. The van der Waals surface area contributed by atoms with Crippen molar-refractivity contribution in [3.63, 3.8) is 0 Å². The van der Waals surface area contributed by atoms with Crippen molar-refractivity contribution >= 4 is 45.9 Å². The standard InChI is InChI=1S/C13H13ClN2OS2/c1-3-10-6-9(7-18-10)13(17)16-15-8(2)11-4-5-12(14)19-11/h4-7H,3H2,1-2H3,(H,16,17)/b15-8-. The molecule has 0 aliphatic rings. The number of nitrogens with zero attached hydrogens (tertiary/aromatic N) is 1. The molecule has 0 bridgehead atoms. The van der Waals surface area contributed by atoms with Crippen LogP contribution in [0, 0.1) is 0 Å². The van der Waals surface area contributed by atoms with Crippen LogP contribution >= 0.6 is 34.3 Å². The molecule has 0 aliphatic heterocycles. The van der Waals surface area contributed by atoms with Gasteiger partial charge in [-0.15, -0.1) is 22.7 Å². The smallest absolute Gasteiger partial charge is 0.267 e. The Morgan fingerprint density at radius 3 is 2.84 bits per heavy atom. The van der Waals surface area contributed by atoms with Crippen LogP contribution in [0.15, 0.2) is 28.7 Å². The Labute approximate surface area is 124 Å². The van der Waals surface area contributed by atoms with Gasteiger partial charge < -0.3 is 0 Å². The number of rotatable bonds is 4. The average Bonchev–Trinajstić information content (AvgIpc) is 3.04. The average molecular weight is 313 g/mol. The van der Waals surface area contributed by atoms with Crippen molar-refractivity contribution in [2.24, 2.45) is 5.10 Å². The van der Waals surface area contributed by atoms with E-state index in [1.54, 1.807) is 11.3 Å². The zero-order chi connectivity index (χ0) is 13.8. The second kappa shape index (κ2) is 6.32. The lowest BCUT2D eigenvalue weighted by Gasteiger charge is -1.99. The number of hydrogen-bond acceptors (Lipinski definition) is 4. The summed E-state index contributed by atoms with van der Waals surface area (Å²) in [6.45, 7) is 3.91. The van der Waals surface area contributed by atoms with Crippen molar-refractivity contribution in [3.05, 3.63) is 43.2 Å². The first-order valence-corrected chi connectivity index (χ1v) is 7.85. The van der Waals surface area contributed by atoms with E-state index in [4.69, 9.17) is 11.6 Å². The van der Waals surface area contributed by atoms with Crippen LogP contribution in [0.25, 0.3) is 0 Å². The Hall–Kier alpha value is -1.17. The van der Waals surface area contributed by atoms with E-state index >= 15 is 0 Å². The van der Waals surface area contributed by atoms with Gasteiger partial charge in [-0.2, -0.15) is 5.10 Å². The van der Waals surface area contributed by atoms with Crippen molar-refractivity contribution in [1.29, 1.82) is 0 Å². The van der Waals surface area contributed by atoms with Gasteiger partial charge in [0.15, 0.2) is 0 Å². The zero-order valence-corrected chi connectivity index (χ0v) is 13.0. The molecule has 0 saturated carbocycles. The second-order valence-electron chi connectivity index (χ2n) is 3.90. The molecule has 6 heteroatoms. The van der Waals surface area contributed by atoms with Gasteiger partial charge in [-0.3, -0.25) is 4.79 Å². The summed E-state index contributed by atoms with van der Waals surface area (Å²) in [5.74, 6) is -0.182. The fourth-order valence-electron chi connectivity index (χ4n) is 1.45. The number of thiophene rings is 2. The SMILES string of the molecule is CCc1cc(C(=O)N/N=C(/C)c2ccc(Cl)s2)cs1. The Morgan fingerprint density at radius 1 is 1.47 bits per heavy atom. The highest BCUT2D eigenvalue weighted by Crippen LogP contribution is 2.21. The number of aryl methyl sites for hydroxylation is 1. The molecule has 1 N–H and O–H groups in total. The number of hydrogen-bond donors (Lipinski definition) is 1. The number of carbonyl (C=O) groups is 1. The van der Waals surface area contributed by atoms with E-state index in [0.717, 1.165) is 17.0 Å². The van der Waals surface area contributed by atoms with Crippen LogP contribution in [-0.2, 0) is 6.42 Å². The molecule has 19 heavy (non-hydrogen) atoms. The molecule has 0 aliphatic carbocycles. The predicted octanol–water partition coefficient (Wildman–Crippen LogP) is 4.18. The monoisotopic (exact) mass is 312 g/mol. The molecule has 2 aromatic heterocycles. The van der Waals surface area contributed by atoms with Crippen LogP contribution < -0.4 is 5.43 Å².